The van der Waals surface area contributed by atoms with Crippen LogP contribution in [0.3, 0.4) is 0 Å². The number of hydrogen-bond donors (Lipinski definition) is 2. The smallest absolute Gasteiger partial charge is 0.251 e. The van der Waals surface area contributed by atoms with Crippen molar-refractivity contribution in [3.05, 3.63) is 42.0 Å². The van der Waals surface area contributed by atoms with Crippen LogP contribution < -0.4 is 24.3 Å². The number of rotatable bonds is 9. The van der Waals surface area contributed by atoms with Crippen LogP contribution in [0.4, 0.5) is 0 Å². The fourth-order valence-corrected chi connectivity index (χ4v) is 5.32. The summed E-state index contributed by atoms with van der Waals surface area (Å²) in [6.45, 7) is 0.898. The molecule has 0 bridgehead atoms. The van der Waals surface area contributed by atoms with Gasteiger partial charge in [0.25, 0.3) is 5.91 Å². The highest BCUT2D eigenvalue weighted by Gasteiger charge is 2.30. The number of nitrogens with zero attached hydrogens (tertiary/aromatic N) is 1. The number of carbonyl (C=O) groups excluding carboxylic acids is 1. The van der Waals surface area contributed by atoms with Gasteiger partial charge in [-0.2, -0.15) is 4.31 Å². The molecule has 0 radical (unpaired) electrons. The second-order valence-electron chi connectivity index (χ2n) is 7.67. The van der Waals surface area contributed by atoms with Gasteiger partial charge >= 0.3 is 0 Å². The minimum atomic E-state index is -3.77. The van der Waals surface area contributed by atoms with Crippen molar-refractivity contribution in [3.8, 4) is 23.0 Å². The summed E-state index contributed by atoms with van der Waals surface area (Å²) in [4.78, 5) is 12.6. The molecule has 2 aromatic carbocycles. The highest BCUT2D eigenvalue weighted by molar-refractivity contribution is 7.89. The summed E-state index contributed by atoms with van der Waals surface area (Å²) in [5.74, 6) is 1.35. The molecule has 4 rings (SSSR count). The molecule has 2 aromatic rings. The molecule has 178 valence electrons. The molecular weight excluding hydrogens is 452 g/mol. The third-order valence-corrected chi connectivity index (χ3v) is 7.31. The molecule has 1 saturated heterocycles. The molecule has 2 N–H and O–H groups in total. The van der Waals surface area contributed by atoms with Crippen LogP contribution in [-0.2, 0) is 10.0 Å². The first-order valence-corrected chi connectivity index (χ1v) is 12.0. The normalized spacial score (nSPS) is 16.4. The van der Waals surface area contributed by atoms with Gasteiger partial charge in [0.1, 0.15) is 29.1 Å². The SMILES string of the molecule is COc1ccc(C(=O)NCC(O)COc2ccc3c(c2)OCO3)cc1S(=O)(=O)N1CCCC1. The molecule has 2 aliphatic rings. The van der Waals surface area contributed by atoms with Gasteiger partial charge < -0.3 is 29.4 Å². The van der Waals surface area contributed by atoms with E-state index in [9.17, 15) is 18.3 Å². The van der Waals surface area contributed by atoms with E-state index in [0.717, 1.165) is 12.8 Å². The Labute approximate surface area is 192 Å². The van der Waals surface area contributed by atoms with Crippen molar-refractivity contribution in [2.24, 2.45) is 0 Å². The third-order valence-electron chi connectivity index (χ3n) is 5.39. The maximum atomic E-state index is 13.0. The van der Waals surface area contributed by atoms with Gasteiger partial charge in [-0.15, -0.1) is 0 Å². The van der Waals surface area contributed by atoms with Crippen LogP contribution in [0.15, 0.2) is 41.3 Å². The summed E-state index contributed by atoms with van der Waals surface area (Å²) >= 11 is 0. The van der Waals surface area contributed by atoms with Gasteiger partial charge in [-0.3, -0.25) is 4.79 Å². The van der Waals surface area contributed by atoms with Crippen LogP contribution in [0.25, 0.3) is 0 Å². The zero-order valence-corrected chi connectivity index (χ0v) is 19.0. The maximum Gasteiger partial charge on any atom is 0.251 e. The van der Waals surface area contributed by atoms with E-state index in [2.05, 4.69) is 5.32 Å². The predicted octanol–water partition coefficient (Wildman–Crippen LogP) is 1.38. The van der Waals surface area contributed by atoms with Gasteiger partial charge in [-0.05, 0) is 43.2 Å². The molecule has 0 aliphatic carbocycles. The Hall–Kier alpha value is -3.02. The van der Waals surface area contributed by atoms with Gasteiger partial charge in [0, 0.05) is 31.3 Å². The molecular formula is C22H26N2O8S. The number of amides is 1. The minimum absolute atomic E-state index is 0.0498. The molecule has 33 heavy (non-hydrogen) atoms. The van der Waals surface area contributed by atoms with Gasteiger partial charge in [-0.1, -0.05) is 0 Å². The minimum Gasteiger partial charge on any atom is -0.495 e. The summed E-state index contributed by atoms with van der Waals surface area (Å²) in [5.41, 5.74) is 0.150. The number of aliphatic hydroxyl groups excluding tert-OH is 1. The number of hydrogen-bond acceptors (Lipinski definition) is 8. The van der Waals surface area contributed by atoms with Crippen molar-refractivity contribution >= 4 is 15.9 Å². The van der Waals surface area contributed by atoms with Gasteiger partial charge in [0.2, 0.25) is 16.8 Å². The summed E-state index contributed by atoms with van der Waals surface area (Å²) in [6.07, 6.45) is 0.618. The Morgan fingerprint density at radius 3 is 2.67 bits per heavy atom. The highest BCUT2D eigenvalue weighted by Crippen LogP contribution is 2.35. The molecule has 2 aliphatic heterocycles. The quantitative estimate of drug-likeness (QED) is 0.554. The Morgan fingerprint density at radius 1 is 1.15 bits per heavy atom. The fourth-order valence-electron chi connectivity index (χ4n) is 3.62. The van der Waals surface area contributed by atoms with Crippen LogP contribution in [0.1, 0.15) is 23.2 Å². The number of methoxy groups -OCH3 is 1. The molecule has 10 nitrogen and oxygen atoms in total. The van der Waals surface area contributed by atoms with E-state index in [1.54, 1.807) is 18.2 Å². The number of sulfonamides is 1. The van der Waals surface area contributed by atoms with E-state index in [0.29, 0.717) is 30.3 Å². The maximum absolute atomic E-state index is 13.0. The topological polar surface area (TPSA) is 124 Å². The lowest BCUT2D eigenvalue weighted by Gasteiger charge is -2.18. The lowest BCUT2D eigenvalue weighted by Crippen LogP contribution is -2.35. The van der Waals surface area contributed by atoms with Crippen molar-refractivity contribution < 1.29 is 37.3 Å². The zero-order valence-electron chi connectivity index (χ0n) is 18.2. The summed E-state index contributed by atoms with van der Waals surface area (Å²) < 4.78 is 48.6. The average molecular weight is 479 g/mol. The summed E-state index contributed by atoms with van der Waals surface area (Å²) in [5, 5.41) is 12.8. The second-order valence-corrected chi connectivity index (χ2v) is 9.57. The van der Waals surface area contributed by atoms with E-state index in [1.807, 2.05) is 0 Å². The highest BCUT2D eigenvalue weighted by atomic mass is 32.2. The van der Waals surface area contributed by atoms with Crippen molar-refractivity contribution in [3.63, 3.8) is 0 Å². The number of nitrogens with one attached hydrogen (secondary N) is 1. The van der Waals surface area contributed by atoms with Crippen molar-refractivity contribution in [1.82, 2.24) is 9.62 Å². The van der Waals surface area contributed by atoms with E-state index in [4.69, 9.17) is 18.9 Å². The van der Waals surface area contributed by atoms with E-state index < -0.39 is 22.0 Å². The van der Waals surface area contributed by atoms with Gasteiger partial charge in [0.15, 0.2) is 11.5 Å². The Balaban J connectivity index is 1.36. The van der Waals surface area contributed by atoms with Crippen LogP contribution in [0.5, 0.6) is 23.0 Å². The third kappa shape index (κ3) is 5.15. The first kappa shape index (κ1) is 23.1. The van der Waals surface area contributed by atoms with Crippen LogP contribution in [0, 0.1) is 0 Å². The number of carbonyl (C=O) groups is 1. The Bertz CT molecular complexity index is 1120. The molecule has 1 amide bonds. The molecule has 11 heteroatoms. The van der Waals surface area contributed by atoms with Crippen LogP contribution in [0.2, 0.25) is 0 Å². The average Bonchev–Trinajstić information content (AvgIpc) is 3.53. The van der Waals surface area contributed by atoms with E-state index in [1.165, 1.54) is 29.6 Å². The Morgan fingerprint density at radius 2 is 1.91 bits per heavy atom. The van der Waals surface area contributed by atoms with Gasteiger partial charge in [0.05, 0.1) is 7.11 Å². The van der Waals surface area contributed by atoms with Gasteiger partial charge in [-0.25, -0.2) is 8.42 Å². The predicted molar refractivity (Wildman–Crippen MR) is 117 cm³/mol. The van der Waals surface area contributed by atoms with Crippen molar-refractivity contribution in [1.29, 1.82) is 0 Å². The number of benzene rings is 2. The summed E-state index contributed by atoms with van der Waals surface area (Å²) in [7, 11) is -2.39. The Kier molecular flexibility index (Phi) is 6.91. The molecule has 0 spiro atoms. The van der Waals surface area contributed by atoms with E-state index >= 15 is 0 Å². The molecule has 1 unspecified atom stereocenters. The number of ether oxygens (including phenoxy) is 4. The fraction of sp³-hybridized carbons (Fsp3) is 0.409. The van der Waals surface area contributed by atoms with Crippen molar-refractivity contribution in [2.75, 3.05) is 40.1 Å². The largest absolute Gasteiger partial charge is 0.495 e. The van der Waals surface area contributed by atoms with Crippen LogP contribution in [-0.4, -0.2) is 70.0 Å². The molecule has 0 aromatic heterocycles. The molecule has 1 atom stereocenters. The molecule has 2 heterocycles. The van der Waals surface area contributed by atoms with Crippen molar-refractivity contribution in [2.45, 2.75) is 23.8 Å². The number of aliphatic hydroxyl groups is 1. The van der Waals surface area contributed by atoms with E-state index in [-0.39, 0.29) is 36.2 Å². The first-order chi connectivity index (χ1) is 15.9. The number of fused-ring (bicyclic) bond motifs is 1. The standard InChI is InChI=1S/C22H26N2O8S/c1-29-19-6-4-15(10-21(19)33(27,28)24-8-2-3-9-24)22(26)23-12-16(25)13-30-17-5-7-18-20(11-17)32-14-31-18/h4-7,10-11,16,25H,2-3,8-9,12-14H2,1H3,(H,23,26). The second kappa shape index (κ2) is 9.86. The monoisotopic (exact) mass is 478 g/mol. The molecule has 0 saturated carbocycles. The molecule has 1 fully saturated rings. The lowest BCUT2D eigenvalue weighted by molar-refractivity contribution is 0.0843. The summed E-state index contributed by atoms with van der Waals surface area (Å²) in [6, 6.07) is 9.30. The first-order valence-electron chi connectivity index (χ1n) is 10.6. The lowest BCUT2D eigenvalue weighted by atomic mass is 10.2. The zero-order chi connectivity index (χ0) is 23.4. The van der Waals surface area contributed by atoms with Crippen LogP contribution >= 0.6 is 0 Å².